The maximum atomic E-state index is 11.7. The first kappa shape index (κ1) is 18.7. The van der Waals surface area contributed by atoms with Crippen molar-refractivity contribution in [3.05, 3.63) is 0 Å². The average molecular weight is 292 g/mol. The summed E-state index contributed by atoms with van der Waals surface area (Å²) in [5.41, 5.74) is -0.569. The molecule has 0 bridgehead atoms. The second-order valence-corrected chi connectivity index (χ2v) is 5.56. The summed E-state index contributed by atoms with van der Waals surface area (Å²) in [6.07, 6.45) is 11.2. The normalized spacial score (nSPS) is 22.7. The van der Waals surface area contributed by atoms with Crippen LogP contribution in [0.4, 0.5) is 0 Å². The first-order chi connectivity index (χ1) is 8.69. The Kier molecular flexibility index (Phi) is 10.3. The summed E-state index contributed by atoms with van der Waals surface area (Å²) in [6.45, 7) is 5.48. The fourth-order valence-corrected chi connectivity index (χ4v) is 2.48. The van der Waals surface area contributed by atoms with E-state index >= 15 is 0 Å². The third-order valence-corrected chi connectivity index (χ3v) is 3.80. The maximum Gasteiger partial charge on any atom is 0.252 e. The van der Waals surface area contributed by atoms with Gasteiger partial charge >= 0.3 is 0 Å². The van der Waals surface area contributed by atoms with Crippen molar-refractivity contribution >= 4 is 18.3 Å². The first-order valence-corrected chi connectivity index (χ1v) is 7.61. The highest BCUT2D eigenvalue weighted by molar-refractivity contribution is 5.85. The van der Waals surface area contributed by atoms with Gasteiger partial charge in [-0.2, -0.15) is 0 Å². The monoisotopic (exact) mass is 291 g/mol. The van der Waals surface area contributed by atoms with Crippen LogP contribution >= 0.6 is 12.4 Å². The van der Waals surface area contributed by atoms with Crippen molar-refractivity contribution in [2.75, 3.05) is 13.2 Å². The van der Waals surface area contributed by atoms with E-state index < -0.39 is 5.60 Å². The lowest BCUT2D eigenvalue weighted by Gasteiger charge is -2.32. The number of morpholine rings is 1. The zero-order valence-electron chi connectivity index (χ0n) is 12.5. The van der Waals surface area contributed by atoms with E-state index in [2.05, 4.69) is 12.2 Å². The Labute approximate surface area is 124 Å². The van der Waals surface area contributed by atoms with Gasteiger partial charge in [-0.05, 0) is 13.3 Å². The van der Waals surface area contributed by atoms with E-state index in [9.17, 15) is 4.79 Å². The molecule has 0 spiro atoms. The van der Waals surface area contributed by atoms with Crippen LogP contribution in [0, 0.1) is 0 Å². The molecule has 0 saturated carbocycles. The van der Waals surface area contributed by atoms with Crippen LogP contribution in [0.25, 0.3) is 0 Å². The van der Waals surface area contributed by atoms with Crippen molar-refractivity contribution < 1.29 is 9.53 Å². The molecule has 0 aromatic rings. The van der Waals surface area contributed by atoms with Gasteiger partial charge in [-0.1, -0.05) is 58.3 Å². The number of unbranched alkanes of at least 4 members (excludes halogenated alkanes) is 7. The Morgan fingerprint density at radius 2 is 1.68 bits per heavy atom. The Hall–Kier alpha value is -0.280. The van der Waals surface area contributed by atoms with Crippen LogP contribution in [0.3, 0.4) is 0 Å². The zero-order valence-corrected chi connectivity index (χ0v) is 13.3. The van der Waals surface area contributed by atoms with Gasteiger partial charge < -0.3 is 10.1 Å². The van der Waals surface area contributed by atoms with Gasteiger partial charge in [0.1, 0.15) is 5.60 Å². The molecule has 0 radical (unpaired) electrons. The van der Waals surface area contributed by atoms with Crippen molar-refractivity contribution in [3.63, 3.8) is 0 Å². The van der Waals surface area contributed by atoms with Crippen LogP contribution < -0.4 is 5.32 Å². The molecule has 1 atom stereocenters. The Morgan fingerprint density at radius 3 is 2.26 bits per heavy atom. The van der Waals surface area contributed by atoms with Crippen molar-refractivity contribution in [1.82, 2.24) is 5.32 Å². The van der Waals surface area contributed by atoms with Crippen molar-refractivity contribution in [2.45, 2.75) is 77.2 Å². The summed E-state index contributed by atoms with van der Waals surface area (Å²) < 4.78 is 5.63. The van der Waals surface area contributed by atoms with Gasteiger partial charge in [-0.15, -0.1) is 12.4 Å². The number of hydrogen-bond donors (Lipinski definition) is 1. The van der Waals surface area contributed by atoms with E-state index in [1.807, 2.05) is 6.92 Å². The van der Waals surface area contributed by atoms with Crippen LogP contribution in [0.15, 0.2) is 0 Å². The zero-order chi connectivity index (χ0) is 13.3. The van der Waals surface area contributed by atoms with Crippen LogP contribution in [0.5, 0.6) is 0 Å². The highest BCUT2D eigenvalue weighted by Gasteiger charge is 2.35. The molecule has 1 aliphatic heterocycles. The first-order valence-electron chi connectivity index (χ1n) is 7.61. The molecule has 1 fully saturated rings. The molecule has 0 aromatic heterocycles. The maximum absolute atomic E-state index is 11.7. The second-order valence-electron chi connectivity index (χ2n) is 5.56. The predicted octanol–water partition coefficient (Wildman–Crippen LogP) is 3.84. The van der Waals surface area contributed by atoms with Crippen LogP contribution in [-0.4, -0.2) is 24.7 Å². The molecule has 1 N–H and O–H groups in total. The minimum atomic E-state index is -0.569. The topological polar surface area (TPSA) is 38.3 Å². The quantitative estimate of drug-likeness (QED) is 0.655. The van der Waals surface area contributed by atoms with E-state index in [4.69, 9.17) is 4.74 Å². The van der Waals surface area contributed by atoms with E-state index in [-0.39, 0.29) is 18.3 Å². The van der Waals surface area contributed by atoms with Crippen molar-refractivity contribution in [1.29, 1.82) is 0 Å². The number of rotatable bonds is 9. The van der Waals surface area contributed by atoms with Gasteiger partial charge in [0, 0.05) is 6.54 Å². The molecular formula is C15H30ClNO2. The van der Waals surface area contributed by atoms with Gasteiger partial charge in [0.2, 0.25) is 0 Å². The Balaban J connectivity index is 0.00000324. The lowest BCUT2D eigenvalue weighted by atomic mass is 9.95. The van der Waals surface area contributed by atoms with Crippen molar-refractivity contribution in [3.8, 4) is 0 Å². The molecule has 19 heavy (non-hydrogen) atoms. The number of carbonyl (C=O) groups excluding carboxylic acids is 1. The molecule has 4 heteroatoms. The molecule has 1 heterocycles. The lowest BCUT2D eigenvalue weighted by molar-refractivity contribution is -0.153. The van der Waals surface area contributed by atoms with Crippen molar-refractivity contribution in [2.24, 2.45) is 0 Å². The van der Waals surface area contributed by atoms with E-state index in [0.717, 1.165) is 12.8 Å². The minimum Gasteiger partial charge on any atom is -0.364 e. The molecule has 1 unspecified atom stereocenters. The smallest absolute Gasteiger partial charge is 0.252 e. The molecule has 3 nitrogen and oxygen atoms in total. The summed E-state index contributed by atoms with van der Waals surface area (Å²) in [6, 6.07) is 0. The second kappa shape index (κ2) is 10.5. The van der Waals surface area contributed by atoms with Crippen LogP contribution in [-0.2, 0) is 9.53 Å². The van der Waals surface area contributed by atoms with Gasteiger partial charge in [-0.25, -0.2) is 0 Å². The number of hydrogen-bond acceptors (Lipinski definition) is 2. The number of amides is 1. The molecule has 1 aliphatic rings. The summed E-state index contributed by atoms with van der Waals surface area (Å²) in [7, 11) is 0. The summed E-state index contributed by atoms with van der Waals surface area (Å²) in [4.78, 5) is 11.7. The standard InChI is InChI=1S/C15H29NO2.ClH/c1-3-4-5-6-7-8-9-10-11-15(2)14(17)16-12-13-18-15;/h3-13H2,1-2H3,(H,16,17);1H. The average Bonchev–Trinajstić information content (AvgIpc) is 2.37. The number of nitrogens with one attached hydrogen (secondary N) is 1. The SMILES string of the molecule is CCCCCCCCCCC1(C)OCCNC1=O.Cl. The van der Waals surface area contributed by atoms with Gasteiger partial charge in [0.25, 0.3) is 5.91 Å². The summed E-state index contributed by atoms with van der Waals surface area (Å²) in [5, 5.41) is 2.88. The molecule has 114 valence electrons. The molecule has 0 aliphatic carbocycles. The van der Waals surface area contributed by atoms with Crippen LogP contribution in [0.1, 0.15) is 71.6 Å². The molecule has 1 rings (SSSR count). The lowest BCUT2D eigenvalue weighted by Crippen LogP contribution is -2.52. The van der Waals surface area contributed by atoms with Gasteiger partial charge in [0.05, 0.1) is 6.61 Å². The Bertz CT molecular complexity index is 248. The third-order valence-electron chi connectivity index (χ3n) is 3.80. The number of halogens is 1. The fourth-order valence-electron chi connectivity index (χ4n) is 2.48. The molecule has 1 saturated heterocycles. The molecular weight excluding hydrogens is 262 g/mol. The molecule has 0 aromatic carbocycles. The largest absolute Gasteiger partial charge is 0.364 e. The van der Waals surface area contributed by atoms with E-state index in [1.54, 1.807) is 0 Å². The minimum absolute atomic E-state index is 0. The summed E-state index contributed by atoms with van der Waals surface area (Å²) >= 11 is 0. The summed E-state index contributed by atoms with van der Waals surface area (Å²) in [5.74, 6) is 0.0664. The van der Waals surface area contributed by atoms with E-state index in [1.165, 1.54) is 44.9 Å². The highest BCUT2D eigenvalue weighted by atomic mass is 35.5. The molecule has 1 amide bonds. The fraction of sp³-hybridized carbons (Fsp3) is 0.933. The predicted molar refractivity (Wildman–Crippen MR) is 81.8 cm³/mol. The third kappa shape index (κ3) is 7.17. The van der Waals surface area contributed by atoms with Gasteiger partial charge in [-0.3, -0.25) is 4.79 Å². The van der Waals surface area contributed by atoms with Gasteiger partial charge in [0.15, 0.2) is 0 Å². The van der Waals surface area contributed by atoms with E-state index in [0.29, 0.717) is 13.2 Å². The Morgan fingerprint density at radius 1 is 1.11 bits per heavy atom. The number of carbonyl (C=O) groups is 1. The van der Waals surface area contributed by atoms with Crippen LogP contribution in [0.2, 0.25) is 0 Å². The highest BCUT2D eigenvalue weighted by Crippen LogP contribution is 2.22. The number of ether oxygens (including phenoxy) is 1.